The van der Waals surface area contributed by atoms with Crippen LogP contribution >= 0.6 is 29.1 Å². The normalized spacial score (nSPS) is 22.4. The molecule has 0 aromatic rings. The first-order valence-electron chi connectivity index (χ1n) is 6.46. The molecular formula is C12H36O3P4. The maximum atomic E-state index is 6.32. The molecule has 0 bridgehead atoms. The molecule has 0 unspecified atom stereocenters. The zero-order chi connectivity index (χ0) is 16.0. The van der Waals surface area contributed by atoms with Gasteiger partial charge in [0, 0.05) is 0 Å². The average molecular weight is 352 g/mol. The Hall–Kier alpha value is 1.60. The standard InChI is InChI=1S/C12H36O3P4/c1-17(2,3,4)13-16(14-18(5,6,7)8)15-19(9,10,11)12/h1-12H3. The van der Waals surface area contributed by atoms with Crippen molar-refractivity contribution in [1.82, 2.24) is 0 Å². The molecule has 3 nitrogen and oxygen atoms in total. The van der Waals surface area contributed by atoms with E-state index in [1.165, 1.54) is 0 Å². The van der Waals surface area contributed by atoms with Gasteiger partial charge in [-0.15, -0.1) is 0 Å². The van der Waals surface area contributed by atoms with Crippen molar-refractivity contribution in [3.63, 3.8) is 0 Å². The van der Waals surface area contributed by atoms with Crippen LogP contribution in [0.3, 0.4) is 0 Å². The molecule has 0 rings (SSSR count). The van der Waals surface area contributed by atoms with Gasteiger partial charge < -0.3 is 0 Å². The first kappa shape index (κ1) is 20.6. The first-order valence-corrected chi connectivity index (χ1v) is 19.4. The van der Waals surface area contributed by atoms with Crippen molar-refractivity contribution in [3.05, 3.63) is 0 Å². The Kier molecular flexibility index (Phi) is 5.20. The van der Waals surface area contributed by atoms with Crippen molar-refractivity contribution in [2.45, 2.75) is 0 Å². The molecule has 0 atom stereocenters. The molecule has 0 radical (unpaired) electrons. The van der Waals surface area contributed by atoms with Gasteiger partial charge in [0.05, 0.1) is 0 Å². The maximum absolute atomic E-state index is 6.32. The Bertz CT molecular complexity index is 270. The predicted octanol–water partition coefficient (Wildman–Crippen LogP) is 5.23. The summed E-state index contributed by atoms with van der Waals surface area (Å²) in [5.74, 6) is 0. The Balaban J connectivity index is 5.21. The fraction of sp³-hybridized carbons (Fsp3) is 1.00. The van der Waals surface area contributed by atoms with Crippen LogP contribution in [0.25, 0.3) is 0 Å². The van der Waals surface area contributed by atoms with Gasteiger partial charge in [0.1, 0.15) is 0 Å². The van der Waals surface area contributed by atoms with Crippen LogP contribution in [0.4, 0.5) is 0 Å². The average Bonchev–Trinajstić information content (AvgIpc) is 1.61. The van der Waals surface area contributed by atoms with Gasteiger partial charge in [-0.3, -0.25) is 0 Å². The van der Waals surface area contributed by atoms with Crippen LogP contribution in [-0.4, -0.2) is 80.0 Å². The Labute approximate surface area is 122 Å². The molecule has 0 saturated carbocycles. The molecule has 0 spiro atoms. The van der Waals surface area contributed by atoms with Crippen molar-refractivity contribution in [2.24, 2.45) is 0 Å². The van der Waals surface area contributed by atoms with E-state index in [4.69, 9.17) is 12.9 Å². The molecule has 0 aliphatic carbocycles. The summed E-state index contributed by atoms with van der Waals surface area (Å²) in [6.45, 7) is 19.8. The molecule has 0 aliphatic rings. The number of rotatable bonds is 6. The molecule has 0 fully saturated rings. The zero-order valence-corrected chi connectivity index (χ0v) is 18.6. The summed E-state index contributed by atoms with van der Waals surface area (Å²) >= 11 is 0. The number of hydrogen-bond acceptors (Lipinski definition) is 3. The topological polar surface area (TPSA) is 27.7 Å². The molecule has 0 aromatic heterocycles. The Morgan fingerprint density at radius 2 is 0.579 bits per heavy atom. The molecule has 0 amide bonds. The first-order chi connectivity index (χ1) is 7.54. The van der Waals surface area contributed by atoms with E-state index in [1.54, 1.807) is 0 Å². The predicted molar refractivity (Wildman–Crippen MR) is 102 cm³/mol. The minimum absolute atomic E-state index is 1.30. The molecular weight excluding hydrogens is 316 g/mol. The van der Waals surface area contributed by atoms with Crippen LogP contribution in [0.2, 0.25) is 0 Å². The van der Waals surface area contributed by atoms with Crippen molar-refractivity contribution < 1.29 is 12.9 Å². The van der Waals surface area contributed by atoms with Gasteiger partial charge in [-0.05, 0) is 0 Å². The van der Waals surface area contributed by atoms with Gasteiger partial charge in [-0.25, -0.2) is 0 Å². The van der Waals surface area contributed by atoms with Crippen molar-refractivity contribution in [2.75, 3.05) is 80.0 Å². The molecule has 0 aromatic carbocycles. The molecule has 122 valence electrons. The number of hydrogen-bond donors (Lipinski definition) is 0. The van der Waals surface area contributed by atoms with Gasteiger partial charge in [-0.1, -0.05) is 0 Å². The van der Waals surface area contributed by atoms with Crippen LogP contribution in [0, 0.1) is 0 Å². The van der Waals surface area contributed by atoms with E-state index in [1.807, 2.05) is 0 Å². The fourth-order valence-corrected chi connectivity index (χ4v) is 8.41. The van der Waals surface area contributed by atoms with E-state index in [9.17, 15) is 0 Å². The van der Waals surface area contributed by atoms with E-state index in [0.717, 1.165) is 0 Å². The fourth-order valence-electron chi connectivity index (χ4n) is 0.845. The van der Waals surface area contributed by atoms with Gasteiger partial charge in [-0.2, -0.15) is 0 Å². The van der Waals surface area contributed by atoms with Gasteiger partial charge in [0.15, 0.2) is 0 Å². The molecule has 0 aliphatic heterocycles. The van der Waals surface area contributed by atoms with E-state index in [-0.39, 0.29) is 0 Å². The van der Waals surface area contributed by atoms with E-state index >= 15 is 0 Å². The molecule has 0 N–H and O–H groups in total. The summed E-state index contributed by atoms with van der Waals surface area (Å²) in [6, 6.07) is 0. The summed E-state index contributed by atoms with van der Waals surface area (Å²) in [4.78, 5) is 0. The van der Waals surface area contributed by atoms with Crippen molar-refractivity contribution in [1.29, 1.82) is 0 Å². The summed E-state index contributed by atoms with van der Waals surface area (Å²) in [5, 5.41) is 0. The second-order valence-electron chi connectivity index (χ2n) is 10.7. The zero-order valence-electron chi connectivity index (χ0n) is 15.0. The second-order valence-corrected chi connectivity index (χ2v) is 33.6. The summed E-state index contributed by atoms with van der Waals surface area (Å²) in [6.07, 6.45) is 0. The van der Waals surface area contributed by atoms with E-state index in [2.05, 4.69) is 80.0 Å². The third-order valence-electron chi connectivity index (χ3n) is 1.18. The van der Waals surface area contributed by atoms with Crippen molar-refractivity contribution in [3.8, 4) is 0 Å². The third kappa shape index (κ3) is 15.8. The quantitative estimate of drug-likeness (QED) is 0.613. The van der Waals surface area contributed by atoms with Gasteiger partial charge in [0.25, 0.3) is 0 Å². The van der Waals surface area contributed by atoms with E-state index < -0.39 is 29.1 Å². The Morgan fingerprint density at radius 1 is 0.421 bits per heavy atom. The summed E-state index contributed by atoms with van der Waals surface area (Å²) < 4.78 is 19.0. The third-order valence-corrected chi connectivity index (χ3v) is 10.6. The van der Waals surface area contributed by atoms with Crippen LogP contribution in [0.5, 0.6) is 0 Å². The second kappa shape index (κ2) is 4.80. The molecule has 19 heavy (non-hydrogen) atoms. The van der Waals surface area contributed by atoms with Crippen LogP contribution in [-0.2, 0) is 12.9 Å². The Morgan fingerprint density at radius 3 is 0.684 bits per heavy atom. The molecule has 7 heteroatoms. The van der Waals surface area contributed by atoms with Crippen LogP contribution in [0.15, 0.2) is 0 Å². The van der Waals surface area contributed by atoms with Gasteiger partial charge in [0.2, 0.25) is 0 Å². The minimum atomic E-state index is -2.13. The van der Waals surface area contributed by atoms with Crippen LogP contribution in [0.1, 0.15) is 0 Å². The van der Waals surface area contributed by atoms with Crippen LogP contribution < -0.4 is 0 Å². The van der Waals surface area contributed by atoms with Crippen molar-refractivity contribution >= 4 is 29.1 Å². The van der Waals surface area contributed by atoms with E-state index in [0.29, 0.717) is 0 Å². The summed E-state index contributed by atoms with van der Waals surface area (Å²) in [5.41, 5.74) is 0. The molecule has 0 saturated heterocycles. The molecule has 0 heterocycles. The summed E-state index contributed by atoms with van der Waals surface area (Å²) in [7, 11) is -1.30. The monoisotopic (exact) mass is 352 g/mol. The van der Waals surface area contributed by atoms with Gasteiger partial charge >= 0.3 is 122 Å². The SMILES string of the molecule is CP(C)(C)(C)OP(OP(C)(C)(C)C)OP(C)(C)(C)C.